The van der Waals surface area contributed by atoms with Crippen molar-refractivity contribution in [1.29, 1.82) is 0 Å². The second-order valence-electron chi connectivity index (χ2n) is 2.45. The minimum atomic E-state index is -0.528. The van der Waals surface area contributed by atoms with Gasteiger partial charge in [0.25, 0.3) is 0 Å². The third-order valence-corrected chi connectivity index (χ3v) is 1.63. The molecule has 5 heteroatoms. The molecule has 0 aliphatic heterocycles. The number of amides is 1. The van der Waals surface area contributed by atoms with E-state index in [1.54, 1.807) is 30.9 Å². The van der Waals surface area contributed by atoms with Crippen LogP contribution in [0.1, 0.15) is 6.92 Å². The Morgan fingerprint density at radius 1 is 1.83 bits per heavy atom. The number of aryl methyl sites for hydroxylation is 1. The van der Waals surface area contributed by atoms with Crippen LogP contribution in [0.5, 0.6) is 0 Å². The van der Waals surface area contributed by atoms with Gasteiger partial charge in [0.2, 0.25) is 5.91 Å². The van der Waals surface area contributed by atoms with Crippen LogP contribution in [0.25, 0.3) is 0 Å². The third-order valence-electron chi connectivity index (χ3n) is 1.43. The Morgan fingerprint density at radius 3 is 2.92 bits per heavy atom. The van der Waals surface area contributed by atoms with Crippen LogP contribution >= 0.6 is 11.6 Å². The first-order chi connectivity index (χ1) is 5.61. The number of carbonyl (C=O) groups is 1. The van der Waals surface area contributed by atoms with Crippen molar-refractivity contribution in [3.05, 3.63) is 12.3 Å². The summed E-state index contributed by atoms with van der Waals surface area (Å²) < 4.78 is 1.57. The highest BCUT2D eigenvalue weighted by Crippen LogP contribution is 2.05. The largest absolute Gasteiger partial charge is 0.310 e. The van der Waals surface area contributed by atoms with Crippen LogP contribution in [0.15, 0.2) is 12.3 Å². The molecule has 0 aromatic carbocycles. The SMILES string of the molecule is CC(Cl)C(=O)Nc1ccnn1C. The van der Waals surface area contributed by atoms with Crippen molar-refractivity contribution in [1.82, 2.24) is 9.78 Å². The Bertz CT molecular complexity index is 282. The highest BCUT2D eigenvalue weighted by molar-refractivity contribution is 6.32. The van der Waals surface area contributed by atoms with E-state index in [4.69, 9.17) is 11.6 Å². The number of halogens is 1. The number of hydrogen-bond acceptors (Lipinski definition) is 2. The fraction of sp³-hybridized carbons (Fsp3) is 0.429. The molecule has 0 aliphatic rings. The maximum atomic E-state index is 11.1. The monoisotopic (exact) mass is 187 g/mol. The van der Waals surface area contributed by atoms with Gasteiger partial charge in [0.1, 0.15) is 11.2 Å². The first kappa shape index (κ1) is 9.06. The summed E-state index contributed by atoms with van der Waals surface area (Å²) in [5, 5.41) is 5.98. The van der Waals surface area contributed by atoms with E-state index in [9.17, 15) is 4.79 Å². The number of aromatic nitrogens is 2. The molecule has 1 heterocycles. The van der Waals surface area contributed by atoms with Crippen molar-refractivity contribution in [2.75, 3.05) is 5.32 Å². The number of alkyl halides is 1. The van der Waals surface area contributed by atoms with Crippen molar-refractivity contribution >= 4 is 23.3 Å². The number of anilines is 1. The number of hydrogen-bond donors (Lipinski definition) is 1. The normalized spacial score (nSPS) is 12.6. The number of nitrogens with zero attached hydrogens (tertiary/aromatic N) is 2. The summed E-state index contributed by atoms with van der Waals surface area (Å²) in [6, 6.07) is 1.71. The Kier molecular flexibility index (Phi) is 2.70. The lowest BCUT2D eigenvalue weighted by molar-refractivity contribution is -0.115. The lowest BCUT2D eigenvalue weighted by Crippen LogP contribution is -2.21. The molecule has 1 aromatic rings. The second-order valence-corrected chi connectivity index (χ2v) is 3.10. The molecule has 0 fully saturated rings. The molecular formula is C7H10ClN3O. The zero-order valence-electron chi connectivity index (χ0n) is 6.91. The maximum absolute atomic E-state index is 11.1. The molecule has 1 amide bonds. The van der Waals surface area contributed by atoms with E-state index < -0.39 is 5.38 Å². The van der Waals surface area contributed by atoms with E-state index in [2.05, 4.69) is 10.4 Å². The molecule has 0 saturated heterocycles. The third kappa shape index (κ3) is 1.98. The highest BCUT2D eigenvalue weighted by Gasteiger charge is 2.10. The van der Waals surface area contributed by atoms with Crippen LogP contribution in [-0.2, 0) is 11.8 Å². The molecule has 4 nitrogen and oxygen atoms in total. The van der Waals surface area contributed by atoms with Gasteiger partial charge >= 0.3 is 0 Å². The minimum Gasteiger partial charge on any atom is -0.310 e. The van der Waals surface area contributed by atoms with Gasteiger partial charge in [-0.3, -0.25) is 9.48 Å². The van der Waals surface area contributed by atoms with Gasteiger partial charge in [-0.15, -0.1) is 11.6 Å². The van der Waals surface area contributed by atoms with Gasteiger partial charge in [0.05, 0.1) is 6.20 Å². The van der Waals surface area contributed by atoms with Crippen LogP contribution in [0.3, 0.4) is 0 Å². The first-order valence-corrected chi connectivity index (χ1v) is 3.98. The lowest BCUT2D eigenvalue weighted by atomic mass is 10.4. The number of carbonyl (C=O) groups excluding carboxylic acids is 1. The Hall–Kier alpha value is -1.03. The lowest BCUT2D eigenvalue weighted by Gasteiger charge is -2.05. The second kappa shape index (κ2) is 3.58. The summed E-state index contributed by atoms with van der Waals surface area (Å²) in [7, 11) is 1.74. The van der Waals surface area contributed by atoms with Gasteiger partial charge in [-0.1, -0.05) is 0 Å². The molecule has 66 valence electrons. The van der Waals surface area contributed by atoms with Crippen molar-refractivity contribution in [2.24, 2.45) is 7.05 Å². The summed E-state index contributed by atoms with van der Waals surface area (Å²) in [6.07, 6.45) is 1.61. The molecule has 0 saturated carbocycles. The zero-order chi connectivity index (χ0) is 9.14. The molecule has 0 spiro atoms. The Labute approximate surface area is 75.5 Å². The van der Waals surface area contributed by atoms with Gasteiger partial charge in [-0.25, -0.2) is 0 Å². The smallest absolute Gasteiger partial charge is 0.243 e. The average molecular weight is 188 g/mol. The summed E-state index contributed by atoms with van der Waals surface area (Å²) in [5.41, 5.74) is 0. The van der Waals surface area contributed by atoms with E-state index in [-0.39, 0.29) is 5.91 Å². The molecule has 1 aromatic heterocycles. The quantitative estimate of drug-likeness (QED) is 0.702. The number of rotatable bonds is 2. The molecule has 0 radical (unpaired) electrons. The van der Waals surface area contributed by atoms with Crippen molar-refractivity contribution in [3.63, 3.8) is 0 Å². The summed E-state index contributed by atoms with van der Waals surface area (Å²) in [5.74, 6) is 0.424. The topological polar surface area (TPSA) is 46.9 Å². The molecule has 1 N–H and O–H groups in total. The highest BCUT2D eigenvalue weighted by atomic mass is 35.5. The van der Waals surface area contributed by atoms with E-state index in [1.165, 1.54) is 0 Å². The molecule has 0 bridgehead atoms. The Morgan fingerprint density at radius 2 is 2.50 bits per heavy atom. The van der Waals surface area contributed by atoms with Crippen LogP contribution in [-0.4, -0.2) is 21.1 Å². The first-order valence-electron chi connectivity index (χ1n) is 3.54. The minimum absolute atomic E-state index is 0.222. The van der Waals surface area contributed by atoms with Crippen molar-refractivity contribution < 1.29 is 4.79 Å². The van der Waals surface area contributed by atoms with Crippen LogP contribution in [0.2, 0.25) is 0 Å². The maximum Gasteiger partial charge on any atom is 0.243 e. The van der Waals surface area contributed by atoms with E-state index >= 15 is 0 Å². The fourth-order valence-electron chi connectivity index (χ4n) is 0.722. The molecular weight excluding hydrogens is 178 g/mol. The summed E-state index contributed by atoms with van der Waals surface area (Å²) >= 11 is 5.56. The standard InChI is InChI=1S/C7H10ClN3O/c1-5(8)7(12)10-6-3-4-9-11(6)2/h3-5H,1-2H3,(H,10,12). The van der Waals surface area contributed by atoms with Gasteiger partial charge in [0, 0.05) is 13.1 Å². The molecule has 0 aliphatic carbocycles. The fourth-order valence-corrected chi connectivity index (χ4v) is 0.777. The molecule has 1 unspecified atom stereocenters. The van der Waals surface area contributed by atoms with Gasteiger partial charge < -0.3 is 5.32 Å². The van der Waals surface area contributed by atoms with E-state index in [1.807, 2.05) is 0 Å². The summed E-state index contributed by atoms with van der Waals surface area (Å²) in [4.78, 5) is 11.1. The zero-order valence-corrected chi connectivity index (χ0v) is 7.67. The van der Waals surface area contributed by atoms with Crippen LogP contribution < -0.4 is 5.32 Å². The Balaban J connectivity index is 2.64. The van der Waals surface area contributed by atoms with Gasteiger partial charge in [-0.2, -0.15) is 5.10 Å². The number of nitrogens with one attached hydrogen (secondary N) is 1. The van der Waals surface area contributed by atoms with Gasteiger partial charge in [-0.05, 0) is 6.92 Å². The van der Waals surface area contributed by atoms with Crippen LogP contribution in [0.4, 0.5) is 5.82 Å². The van der Waals surface area contributed by atoms with Crippen molar-refractivity contribution in [2.45, 2.75) is 12.3 Å². The summed E-state index contributed by atoms with van der Waals surface area (Å²) in [6.45, 7) is 1.62. The predicted molar refractivity (Wildman–Crippen MR) is 47.2 cm³/mol. The van der Waals surface area contributed by atoms with Crippen molar-refractivity contribution in [3.8, 4) is 0 Å². The molecule has 12 heavy (non-hydrogen) atoms. The van der Waals surface area contributed by atoms with E-state index in [0.29, 0.717) is 5.82 Å². The average Bonchev–Trinajstić information content (AvgIpc) is 2.36. The molecule has 1 atom stereocenters. The molecule has 1 rings (SSSR count). The van der Waals surface area contributed by atoms with Crippen LogP contribution in [0, 0.1) is 0 Å². The predicted octanol–water partition coefficient (Wildman–Crippen LogP) is 0.986. The van der Waals surface area contributed by atoms with Gasteiger partial charge in [0.15, 0.2) is 0 Å². The van der Waals surface area contributed by atoms with E-state index in [0.717, 1.165) is 0 Å².